The summed E-state index contributed by atoms with van der Waals surface area (Å²) >= 11 is 0. The van der Waals surface area contributed by atoms with Gasteiger partial charge in [-0.15, -0.1) is 0 Å². The number of carbonyl (C=O) groups excluding carboxylic acids is 1. The van der Waals surface area contributed by atoms with Gasteiger partial charge in [-0.1, -0.05) is 25.1 Å². The number of piperazine rings is 1. The first-order valence-electron chi connectivity index (χ1n) is 9.53. The van der Waals surface area contributed by atoms with Crippen LogP contribution in [0.4, 0.5) is 0 Å². The predicted octanol–water partition coefficient (Wildman–Crippen LogP) is 1.44. The van der Waals surface area contributed by atoms with Crippen LogP contribution in [0.5, 0.6) is 0 Å². The lowest BCUT2D eigenvalue weighted by atomic mass is 10.2. The van der Waals surface area contributed by atoms with Crippen molar-refractivity contribution >= 4 is 27.7 Å². The van der Waals surface area contributed by atoms with Gasteiger partial charge in [0.25, 0.3) is 5.56 Å². The summed E-state index contributed by atoms with van der Waals surface area (Å²) in [5, 5.41) is 6.12. The molecule has 7 nitrogen and oxygen atoms in total. The smallest absolute Gasteiger partial charge is 0.291 e. The number of aryl methyl sites for hydroxylation is 1. The van der Waals surface area contributed by atoms with Gasteiger partial charge in [-0.3, -0.25) is 14.5 Å². The zero-order valence-electron chi connectivity index (χ0n) is 15.9. The number of benzene rings is 1. The molecule has 0 unspecified atom stereocenters. The number of rotatable bonds is 4. The van der Waals surface area contributed by atoms with Gasteiger partial charge in [0.2, 0.25) is 5.91 Å². The molecule has 0 saturated carbocycles. The highest BCUT2D eigenvalue weighted by Crippen LogP contribution is 2.24. The Morgan fingerprint density at radius 3 is 2.59 bits per heavy atom. The van der Waals surface area contributed by atoms with Crippen molar-refractivity contribution in [3.05, 3.63) is 40.8 Å². The van der Waals surface area contributed by atoms with Gasteiger partial charge in [-0.05, 0) is 19.0 Å². The molecule has 0 aliphatic carbocycles. The molecular weight excluding hydrogens is 342 g/mol. The molecule has 0 N–H and O–H groups in total. The van der Waals surface area contributed by atoms with Crippen LogP contribution in [-0.4, -0.2) is 62.8 Å². The number of hydrogen-bond acceptors (Lipinski definition) is 4. The highest BCUT2D eigenvalue weighted by molar-refractivity contribution is 6.07. The van der Waals surface area contributed by atoms with Crippen LogP contribution in [0, 0.1) is 0 Å². The van der Waals surface area contributed by atoms with E-state index >= 15 is 0 Å². The van der Waals surface area contributed by atoms with Crippen molar-refractivity contribution in [2.45, 2.75) is 19.9 Å². The topological polar surface area (TPSA) is 63.4 Å². The van der Waals surface area contributed by atoms with Crippen LogP contribution < -0.4 is 5.56 Å². The van der Waals surface area contributed by atoms with E-state index in [1.165, 1.54) is 4.68 Å². The van der Waals surface area contributed by atoms with Gasteiger partial charge in [0, 0.05) is 49.5 Å². The summed E-state index contributed by atoms with van der Waals surface area (Å²) < 4.78 is 3.18. The minimum atomic E-state index is -0.218. The molecule has 1 amide bonds. The van der Waals surface area contributed by atoms with Gasteiger partial charge < -0.3 is 9.47 Å². The maximum Gasteiger partial charge on any atom is 0.291 e. The third-order valence-corrected chi connectivity index (χ3v) is 5.46. The van der Waals surface area contributed by atoms with Crippen LogP contribution in [0.2, 0.25) is 0 Å². The summed E-state index contributed by atoms with van der Waals surface area (Å²) in [7, 11) is 1.88. The molecule has 1 aliphatic heterocycles. The number of para-hydroxylation sites is 1. The van der Waals surface area contributed by atoms with E-state index in [0.29, 0.717) is 18.6 Å². The van der Waals surface area contributed by atoms with Crippen LogP contribution in [0.25, 0.3) is 21.8 Å². The number of nitrogens with zero attached hydrogens (tertiary/aromatic N) is 5. The van der Waals surface area contributed by atoms with Gasteiger partial charge in [0.05, 0.1) is 6.20 Å². The van der Waals surface area contributed by atoms with Gasteiger partial charge in [0.15, 0.2) is 0 Å². The molecule has 142 valence electrons. The first-order valence-corrected chi connectivity index (χ1v) is 9.53. The minimum absolute atomic E-state index is 0.00984. The Hall–Kier alpha value is -2.67. The van der Waals surface area contributed by atoms with Gasteiger partial charge in [0.1, 0.15) is 12.1 Å². The van der Waals surface area contributed by atoms with Gasteiger partial charge in [-0.25, -0.2) is 4.68 Å². The molecular formula is C20H25N5O2. The van der Waals surface area contributed by atoms with Crippen LogP contribution in [0.15, 0.2) is 35.3 Å². The number of amides is 1. The molecule has 3 aromatic rings. The van der Waals surface area contributed by atoms with Crippen LogP contribution in [0.1, 0.15) is 13.3 Å². The summed E-state index contributed by atoms with van der Waals surface area (Å²) in [6.45, 7) is 6.44. The monoisotopic (exact) mass is 367 g/mol. The predicted molar refractivity (Wildman–Crippen MR) is 106 cm³/mol. The largest absolute Gasteiger partial charge is 0.339 e. The van der Waals surface area contributed by atoms with Crippen molar-refractivity contribution < 1.29 is 4.79 Å². The second kappa shape index (κ2) is 7.15. The molecule has 0 atom stereocenters. The summed E-state index contributed by atoms with van der Waals surface area (Å²) in [5.74, 6) is -0.0427. The third kappa shape index (κ3) is 3.12. The average Bonchev–Trinajstić information content (AvgIpc) is 2.98. The summed E-state index contributed by atoms with van der Waals surface area (Å²) in [6, 6.07) is 7.88. The molecule has 4 rings (SSSR count). The van der Waals surface area contributed by atoms with Crippen molar-refractivity contribution in [2.24, 2.45) is 7.05 Å². The van der Waals surface area contributed by atoms with E-state index in [1.807, 2.05) is 40.8 Å². The first kappa shape index (κ1) is 17.7. The highest BCUT2D eigenvalue weighted by Gasteiger charge is 2.22. The van der Waals surface area contributed by atoms with Crippen LogP contribution >= 0.6 is 0 Å². The number of hydrogen-bond donors (Lipinski definition) is 0. The highest BCUT2D eigenvalue weighted by atomic mass is 16.2. The van der Waals surface area contributed by atoms with E-state index in [0.717, 1.165) is 42.3 Å². The lowest BCUT2D eigenvalue weighted by Crippen LogP contribution is -2.50. The number of aromatic nitrogens is 3. The molecule has 0 radical (unpaired) electrons. The second-order valence-electron chi connectivity index (χ2n) is 7.17. The third-order valence-electron chi connectivity index (χ3n) is 5.46. The van der Waals surface area contributed by atoms with E-state index in [9.17, 15) is 9.59 Å². The lowest BCUT2D eigenvalue weighted by molar-refractivity contribution is -0.133. The maximum absolute atomic E-state index is 13.0. The standard InChI is InChI=1S/C20H25N5O2/c1-3-8-23-9-11-24(12-10-23)18(26)14-25-20(27)19-16(13-21-25)15-6-4-5-7-17(15)22(19)2/h4-7,13H,3,8-12,14H2,1-2H3. The Morgan fingerprint density at radius 2 is 1.85 bits per heavy atom. The fourth-order valence-electron chi connectivity index (χ4n) is 3.99. The summed E-state index contributed by atoms with van der Waals surface area (Å²) in [5.41, 5.74) is 1.36. The zero-order valence-corrected chi connectivity index (χ0v) is 15.9. The molecule has 27 heavy (non-hydrogen) atoms. The molecule has 1 aromatic carbocycles. The average molecular weight is 367 g/mol. The van der Waals surface area contributed by atoms with Gasteiger partial charge >= 0.3 is 0 Å². The van der Waals surface area contributed by atoms with E-state index in [1.54, 1.807) is 6.20 Å². The Morgan fingerprint density at radius 1 is 1.11 bits per heavy atom. The van der Waals surface area contributed by atoms with Crippen LogP contribution in [-0.2, 0) is 18.4 Å². The van der Waals surface area contributed by atoms with Gasteiger partial charge in [-0.2, -0.15) is 5.10 Å². The summed E-state index contributed by atoms with van der Waals surface area (Å²) in [6.07, 6.45) is 2.82. The van der Waals surface area contributed by atoms with E-state index in [4.69, 9.17) is 0 Å². The molecule has 0 spiro atoms. The fraction of sp³-hybridized carbons (Fsp3) is 0.450. The Balaban J connectivity index is 1.59. The molecule has 2 aromatic heterocycles. The molecule has 1 aliphatic rings. The van der Waals surface area contributed by atoms with E-state index < -0.39 is 0 Å². The Kier molecular flexibility index (Phi) is 4.70. The Bertz CT molecular complexity index is 1040. The SMILES string of the molecule is CCCN1CCN(C(=O)Cn2ncc3c4ccccc4n(C)c3c2=O)CC1. The van der Waals surface area contributed by atoms with Crippen molar-refractivity contribution in [1.29, 1.82) is 0 Å². The normalized spacial score (nSPS) is 15.7. The molecule has 1 fully saturated rings. The first-order chi connectivity index (χ1) is 13.1. The zero-order chi connectivity index (χ0) is 19.0. The van der Waals surface area contributed by atoms with E-state index in [-0.39, 0.29) is 18.0 Å². The molecule has 3 heterocycles. The molecule has 1 saturated heterocycles. The van der Waals surface area contributed by atoms with Crippen LogP contribution in [0.3, 0.4) is 0 Å². The molecule has 0 bridgehead atoms. The Labute approximate surface area is 157 Å². The van der Waals surface area contributed by atoms with Crippen molar-refractivity contribution in [2.75, 3.05) is 32.7 Å². The minimum Gasteiger partial charge on any atom is -0.339 e. The maximum atomic E-state index is 13.0. The lowest BCUT2D eigenvalue weighted by Gasteiger charge is -2.34. The second-order valence-corrected chi connectivity index (χ2v) is 7.17. The summed E-state index contributed by atoms with van der Waals surface area (Å²) in [4.78, 5) is 29.9. The number of carbonyl (C=O) groups is 1. The van der Waals surface area contributed by atoms with E-state index in [2.05, 4.69) is 16.9 Å². The van der Waals surface area contributed by atoms with Crippen molar-refractivity contribution in [3.63, 3.8) is 0 Å². The fourth-order valence-corrected chi connectivity index (χ4v) is 3.99. The quantitative estimate of drug-likeness (QED) is 0.700. The van der Waals surface area contributed by atoms with Crippen molar-refractivity contribution in [1.82, 2.24) is 24.1 Å². The van der Waals surface area contributed by atoms with Crippen molar-refractivity contribution in [3.8, 4) is 0 Å². The molecule has 7 heteroatoms. The number of fused-ring (bicyclic) bond motifs is 3.